The van der Waals surface area contributed by atoms with Crippen molar-refractivity contribution in [1.29, 1.82) is 0 Å². The number of hydrogen-bond acceptors (Lipinski definition) is 10. The molecule has 1 saturated heterocycles. The third kappa shape index (κ3) is 7.74. The molecule has 0 spiro atoms. The number of ether oxygens (including phenoxy) is 4. The van der Waals surface area contributed by atoms with E-state index in [4.69, 9.17) is 25.8 Å². The van der Waals surface area contributed by atoms with Crippen molar-refractivity contribution in [2.75, 3.05) is 32.7 Å². The lowest BCUT2D eigenvalue weighted by Gasteiger charge is -2.13. The zero-order valence-corrected chi connectivity index (χ0v) is 23.0. The molecule has 206 valence electrons. The first-order valence-corrected chi connectivity index (χ1v) is 12.6. The van der Waals surface area contributed by atoms with Gasteiger partial charge in [0.05, 0.1) is 35.8 Å². The van der Waals surface area contributed by atoms with Crippen LogP contribution in [0.4, 0.5) is 10.5 Å². The highest BCUT2D eigenvalue weighted by molar-refractivity contribution is 8.18. The third-order valence-electron chi connectivity index (χ3n) is 5.03. The number of nitrogens with zero attached hydrogens (tertiary/aromatic N) is 1. The average molecular weight is 577 g/mol. The molecule has 0 radical (unpaired) electrons. The van der Waals surface area contributed by atoms with Gasteiger partial charge in [-0.2, -0.15) is 0 Å². The van der Waals surface area contributed by atoms with Gasteiger partial charge in [-0.05, 0) is 67.6 Å². The van der Waals surface area contributed by atoms with Crippen LogP contribution in [0.15, 0.2) is 41.3 Å². The molecule has 0 saturated carbocycles. The van der Waals surface area contributed by atoms with E-state index in [2.05, 4.69) is 10.1 Å². The minimum Gasteiger partial charge on any atom is -0.493 e. The molecule has 2 aromatic carbocycles. The molecule has 39 heavy (non-hydrogen) atoms. The lowest BCUT2D eigenvalue weighted by Crippen LogP contribution is -2.36. The van der Waals surface area contributed by atoms with Gasteiger partial charge in [0.25, 0.3) is 11.1 Å². The second kappa shape index (κ2) is 13.2. The molecule has 13 heteroatoms. The molecular weight excluding hydrogens is 552 g/mol. The summed E-state index contributed by atoms with van der Waals surface area (Å²) >= 11 is 6.66. The fourth-order valence-electron chi connectivity index (χ4n) is 3.33. The number of thioether (sulfide) groups is 1. The second-order valence-electron chi connectivity index (χ2n) is 8.24. The number of nitrogens with one attached hydrogen (secondary N) is 1. The van der Waals surface area contributed by atoms with Gasteiger partial charge in [-0.1, -0.05) is 17.7 Å². The number of rotatable bonds is 10. The van der Waals surface area contributed by atoms with Gasteiger partial charge < -0.3 is 24.3 Å². The first-order chi connectivity index (χ1) is 18.5. The van der Waals surface area contributed by atoms with Crippen LogP contribution in [0.3, 0.4) is 0 Å². The number of imide groups is 1. The first kappa shape index (κ1) is 29.5. The summed E-state index contributed by atoms with van der Waals surface area (Å²) < 4.78 is 20.5. The van der Waals surface area contributed by atoms with E-state index in [1.165, 1.54) is 38.5 Å². The Hall–Kier alpha value is -4.03. The summed E-state index contributed by atoms with van der Waals surface area (Å²) in [5, 5.41) is 2.05. The van der Waals surface area contributed by atoms with Gasteiger partial charge in [-0.3, -0.25) is 19.3 Å². The van der Waals surface area contributed by atoms with E-state index in [0.717, 1.165) is 4.90 Å². The van der Waals surface area contributed by atoms with E-state index in [1.54, 1.807) is 32.0 Å². The Morgan fingerprint density at radius 3 is 2.49 bits per heavy atom. The molecule has 1 heterocycles. The fourth-order valence-corrected chi connectivity index (χ4v) is 4.36. The second-order valence-corrected chi connectivity index (χ2v) is 9.64. The van der Waals surface area contributed by atoms with Gasteiger partial charge >= 0.3 is 11.9 Å². The zero-order valence-electron chi connectivity index (χ0n) is 21.4. The van der Waals surface area contributed by atoms with Crippen molar-refractivity contribution in [3.63, 3.8) is 0 Å². The average Bonchev–Trinajstić information content (AvgIpc) is 3.15. The molecule has 3 amide bonds. The Morgan fingerprint density at radius 2 is 1.82 bits per heavy atom. The molecule has 0 aromatic heterocycles. The van der Waals surface area contributed by atoms with Crippen LogP contribution in [0.25, 0.3) is 6.08 Å². The van der Waals surface area contributed by atoms with Crippen LogP contribution in [0.2, 0.25) is 5.02 Å². The molecule has 11 nitrogen and oxygen atoms in total. The summed E-state index contributed by atoms with van der Waals surface area (Å²) in [5.74, 6) is -1.93. The predicted octanol–water partition coefficient (Wildman–Crippen LogP) is 4.14. The molecule has 1 N–H and O–H groups in total. The van der Waals surface area contributed by atoms with Crippen LogP contribution in [-0.2, 0) is 23.9 Å². The zero-order chi connectivity index (χ0) is 28.7. The summed E-state index contributed by atoms with van der Waals surface area (Å²) in [6.45, 7) is 2.60. The topological polar surface area (TPSA) is 138 Å². The quantitative estimate of drug-likeness (QED) is 0.324. The Kier molecular flexibility index (Phi) is 9.96. The molecule has 0 unspecified atom stereocenters. The van der Waals surface area contributed by atoms with Gasteiger partial charge in [-0.25, -0.2) is 9.59 Å². The molecule has 1 fully saturated rings. The lowest BCUT2D eigenvalue weighted by molar-refractivity contribution is -0.149. The minimum atomic E-state index is -0.683. The molecule has 0 bridgehead atoms. The Labute approximate surface area is 233 Å². The van der Waals surface area contributed by atoms with Crippen LogP contribution < -0.4 is 14.8 Å². The van der Waals surface area contributed by atoms with E-state index in [1.807, 2.05) is 0 Å². The number of halogens is 1. The molecule has 1 aliphatic rings. The van der Waals surface area contributed by atoms with Crippen LogP contribution >= 0.6 is 23.4 Å². The maximum Gasteiger partial charge on any atom is 0.344 e. The monoisotopic (exact) mass is 576 g/mol. The number of methoxy groups -OCH3 is 2. The van der Waals surface area contributed by atoms with E-state index in [-0.39, 0.29) is 39.6 Å². The molecule has 3 rings (SSSR count). The van der Waals surface area contributed by atoms with E-state index >= 15 is 0 Å². The van der Waals surface area contributed by atoms with Crippen molar-refractivity contribution < 1.29 is 42.9 Å². The minimum absolute atomic E-state index is 0.0494. The number of carbonyl (C=O) groups excluding carboxylic acids is 5. The normalized spacial score (nSPS) is 14.0. The summed E-state index contributed by atoms with van der Waals surface area (Å²) in [5.41, 5.74) is 0.808. The van der Waals surface area contributed by atoms with Crippen molar-refractivity contribution in [2.24, 2.45) is 0 Å². The van der Waals surface area contributed by atoms with E-state index in [9.17, 15) is 24.0 Å². The third-order valence-corrected chi connectivity index (χ3v) is 6.27. The molecular formula is C26H25ClN2O9S. The van der Waals surface area contributed by atoms with Crippen molar-refractivity contribution in [1.82, 2.24) is 4.90 Å². The number of carbonyl (C=O) groups is 5. The van der Waals surface area contributed by atoms with Crippen molar-refractivity contribution >= 4 is 64.1 Å². The van der Waals surface area contributed by atoms with Gasteiger partial charge in [0, 0.05) is 5.69 Å². The van der Waals surface area contributed by atoms with E-state index < -0.39 is 35.5 Å². The number of benzene rings is 2. The predicted molar refractivity (Wildman–Crippen MR) is 144 cm³/mol. The van der Waals surface area contributed by atoms with Crippen molar-refractivity contribution in [2.45, 2.75) is 20.0 Å². The van der Waals surface area contributed by atoms with Gasteiger partial charge in [-0.15, -0.1) is 0 Å². The number of anilines is 1. The van der Waals surface area contributed by atoms with E-state index in [0.29, 0.717) is 23.1 Å². The number of hydrogen-bond donors (Lipinski definition) is 1. The van der Waals surface area contributed by atoms with Gasteiger partial charge in [0.15, 0.2) is 18.1 Å². The first-order valence-electron chi connectivity index (χ1n) is 11.5. The molecule has 2 aromatic rings. The summed E-state index contributed by atoms with van der Waals surface area (Å²) in [6.07, 6.45) is 1.20. The molecule has 1 aliphatic heterocycles. The van der Waals surface area contributed by atoms with Crippen LogP contribution in [0, 0.1) is 0 Å². The SMILES string of the molecule is COC(=O)c1cc(NC(=O)CN2C(=O)S/C(=C\c3ccc(OCC(=O)OC(C)C)c(OC)c3)C2=O)ccc1Cl. The van der Waals surface area contributed by atoms with Gasteiger partial charge in [0.1, 0.15) is 6.54 Å². The smallest absolute Gasteiger partial charge is 0.344 e. The highest BCUT2D eigenvalue weighted by Gasteiger charge is 2.36. The number of esters is 2. The maximum atomic E-state index is 12.9. The lowest BCUT2D eigenvalue weighted by atomic mass is 10.2. The fraction of sp³-hybridized carbons (Fsp3) is 0.269. The summed E-state index contributed by atoms with van der Waals surface area (Å²) in [6, 6.07) is 8.95. The number of amides is 3. The van der Waals surface area contributed by atoms with Gasteiger partial charge in [0.2, 0.25) is 5.91 Å². The van der Waals surface area contributed by atoms with Crippen molar-refractivity contribution in [3.05, 3.63) is 57.5 Å². The Bertz CT molecular complexity index is 1340. The summed E-state index contributed by atoms with van der Waals surface area (Å²) in [7, 11) is 2.61. The van der Waals surface area contributed by atoms with Crippen LogP contribution in [-0.4, -0.2) is 67.4 Å². The Morgan fingerprint density at radius 1 is 1.08 bits per heavy atom. The molecule has 0 aliphatic carbocycles. The highest BCUT2D eigenvalue weighted by Crippen LogP contribution is 2.34. The largest absolute Gasteiger partial charge is 0.493 e. The van der Waals surface area contributed by atoms with Crippen molar-refractivity contribution in [3.8, 4) is 11.5 Å². The van der Waals surface area contributed by atoms with Crippen LogP contribution in [0.5, 0.6) is 11.5 Å². The Balaban J connectivity index is 1.67. The standard InChI is InChI=1S/C26H25ClN2O9S/c1-14(2)38-23(31)13-37-19-8-5-15(9-20(19)35-3)10-21-24(32)29(26(34)39-21)12-22(30)28-16-6-7-18(27)17(11-16)25(33)36-4/h5-11,14H,12-13H2,1-4H3,(H,28,30)/b21-10-. The highest BCUT2D eigenvalue weighted by atomic mass is 35.5. The molecule has 0 atom stereocenters. The summed E-state index contributed by atoms with van der Waals surface area (Å²) in [4.78, 5) is 62.4. The van der Waals surface area contributed by atoms with Crippen LogP contribution in [0.1, 0.15) is 29.8 Å². The maximum absolute atomic E-state index is 12.9.